The number of hydrogen-bond donors (Lipinski definition) is 2. The Kier molecular flexibility index (Phi) is 6.82. The Bertz CT molecular complexity index is 641. The fourth-order valence-corrected chi connectivity index (χ4v) is 2.44. The number of hydrogen-bond acceptors (Lipinski definition) is 3. The Balaban J connectivity index is 2.11. The van der Waals surface area contributed by atoms with Crippen molar-refractivity contribution in [3.05, 3.63) is 60.2 Å². The van der Waals surface area contributed by atoms with E-state index in [-0.39, 0.29) is 11.9 Å². The molecule has 4 nitrogen and oxygen atoms in total. The van der Waals surface area contributed by atoms with Gasteiger partial charge in [0.1, 0.15) is 11.8 Å². The Labute approximate surface area is 144 Å². The number of carbonyl (C=O) groups excluding carboxylic acids is 1. The zero-order valence-electron chi connectivity index (χ0n) is 14.6. The maximum Gasteiger partial charge on any atom is 0.246 e. The number of amides is 1. The van der Waals surface area contributed by atoms with Gasteiger partial charge in [0.05, 0.1) is 7.11 Å². The first-order chi connectivity index (χ1) is 11.6. The third-order valence-corrected chi connectivity index (χ3v) is 3.80. The summed E-state index contributed by atoms with van der Waals surface area (Å²) in [4.78, 5) is 12.8. The summed E-state index contributed by atoms with van der Waals surface area (Å²) in [6.07, 6.45) is 1.02. The number of nitrogens with one attached hydrogen (secondary N) is 2. The van der Waals surface area contributed by atoms with Gasteiger partial charge in [-0.3, -0.25) is 4.79 Å². The predicted molar refractivity (Wildman–Crippen MR) is 98.3 cm³/mol. The molecule has 0 aromatic heterocycles. The van der Waals surface area contributed by atoms with Crippen LogP contribution in [0.3, 0.4) is 0 Å². The van der Waals surface area contributed by atoms with Crippen molar-refractivity contribution in [1.29, 1.82) is 0 Å². The van der Waals surface area contributed by atoms with Crippen molar-refractivity contribution in [2.45, 2.75) is 26.3 Å². The van der Waals surface area contributed by atoms with Gasteiger partial charge < -0.3 is 15.4 Å². The molecule has 0 aliphatic heterocycles. The second-order valence-electron chi connectivity index (χ2n) is 6.20. The van der Waals surface area contributed by atoms with Gasteiger partial charge in [-0.1, -0.05) is 50.2 Å². The highest BCUT2D eigenvalue weighted by molar-refractivity contribution is 5.95. The minimum atomic E-state index is -0.379. The second kappa shape index (κ2) is 9.08. The molecule has 0 fully saturated rings. The average molecular weight is 326 g/mol. The molecule has 0 unspecified atom stereocenters. The molecular formula is C20H26N2O2. The maximum atomic E-state index is 12.8. The molecule has 2 aromatic rings. The lowest BCUT2D eigenvalue weighted by atomic mass is 10.0. The lowest BCUT2D eigenvalue weighted by Crippen LogP contribution is -2.34. The van der Waals surface area contributed by atoms with E-state index < -0.39 is 0 Å². The number of ether oxygens (including phenoxy) is 1. The van der Waals surface area contributed by atoms with E-state index in [0.717, 1.165) is 30.0 Å². The van der Waals surface area contributed by atoms with E-state index in [1.807, 2.05) is 54.6 Å². The highest BCUT2D eigenvalue weighted by Crippen LogP contribution is 2.20. The van der Waals surface area contributed by atoms with E-state index in [4.69, 9.17) is 4.74 Å². The Morgan fingerprint density at radius 1 is 1.08 bits per heavy atom. The van der Waals surface area contributed by atoms with Crippen LogP contribution in [0.5, 0.6) is 5.75 Å². The van der Waals surface area contributed by atoms with Crippen LogP contribution in [0.25, 0.3) is 0 Å². The van der Waals surface area contributed by atoms with Crippen LogP contribution in [0.4, 0.5) is 5.69 Å². The highest BCUT2D eigenvalue weighted by Gasteiger charge is 2.20. The largest absolute Gasteiger partial charge is 0.497 e. The normalized spacial score (nSPS) is 12.0. The van der Waals surface area contributed by atoms with Crippen LogP contribution in [-0.4, -0.2) is 19.6 Å². The number of benzene rings is 2. The zero-order valence-corrected chi connectivity index (χ0v) is 14.6. The van der Waals surface area contributed by atoms with Crippen molar-refractivity contribution < 1.29 is 9.53 Å². The average Bonchev–Trinajstić information content (AvgIpc) is 2.59. The molecule has 4 heteroatoms. The van der Waals surface area contributed by atoms with Gasteiger partial charge in [-0.05, 0) is 36.6 Å². The number of carbonyl (C=O) groups is 1. The van der Waals surface area contributed by atoms with Crippen LogP contribution in [0.2, 0.25) is 0 Å². The monoisotopic (exact) mass is 326 g/mol. The second-order valence-corrected chi connectivity index (χ2v) is 6.20. The van der Waals surface area contributed by atoms with E-state index in [1.165, 1.54) is 0 Å². The lowest BCUT2D eigenvalue weighted by molar-refractivity contribution is -0.118. The molecule has 0 heterocycles. The SMILES string of the molecule is COc1cccc(NC(=O)[C@@H](NCCC(C)C)c2ccccc2)c1. The fourth-order valence-electron chi connectivity index (χ4n) is 2.44. The van der Waals surface area contributed by atoms with Crippen molar-refractivity contribution in [2.75, 3.05) is 19.0 Å². The van der Waals surface area contributed by atoms with Gasteiger partial charge in [-0.25, -0.2) is 0 Å². The number of methoxy groups -OCH3 is 1. The summed E-state index contributed by atoms with van der Waals surface area (Å²) in [6, 6.07) is 16.8. The van der Waals surface area contributed by atoms with Crippen LogP contribution in [0.1, 0.15) is 31.9 Å². The summed E-state index contributed by atoms with van der Waals surface area (Å²) in [5.74, 6) is 1.24. The topological polar surface area (TPSA) is 50.4 Å². The Morgan fingerprint density at radius 3 is 2.50 bits per heavy atom. The smallest absolute Gasteiger partial charge is 0.246 e. The highest BCUT2D eigenvalue weighted by atomic mass is 16.5. The van der Waals surface area contributed by atoms with E-state index in [1.54, 1.807) is 7.11 Å². The maximum absolute atomic E-state index is 12.8. The van der Waals surface area contributed by atoms with Gasteiger partial charge in [-0.15, -0.1) is 0 Å². The summed E-state index contributed by atoms with van der Waals surface area (Å²) in [7, 11) is 1.61. The molecule has 0 aliphatic carbocycles. The van der Waals surface area contributed by atoms with Crippen molar-refractivity contribution in [1.82, 2.24) is 5.32 Å². The van der Waals surface area contributed by atoms with Crippen LogP contribution < -0.4 is 15.4 Å². The Hall–Kier alpha value is -2.33. The number of rotatable bonds is 8. The molecule has 0 aliphatic rings. The molecule has 2 rings (SSSR count). The van der Waals surface area contributed by atoms with E-state index in [9.17, 15) is 4.79 Å². The van der Waals surface area contributed by atoms with Crippen LogP contribution in [-0.2, 0) is 4.79 Å². The predicted octanol–water partition coefficient (Wildman–Crippen LogP) is 4.01. The van der Waals surface area contributed by atoms with E-state index in [0.29, 0.717) is 5.92 Å². The minimum Gasteiger partial charge on any atom is -0.497 e. The van der Waals surface area contributed by atoms with Gasteiger partial charge in [0, 0.05) is 11.8 Å². The van der Waals surface area contributed by atoms with Crippen molar-refractivity contribution in [3.63, 3.8) is 0 Å². The molecule has 2 aromatic carbocycles. The summed E-state index contributed by atoms with van der Waals surface area (Å²) in [5, 5.41) is 6.34. The first kappa shape index (κ1) is 18.0. The summed E-state index contributed by atoms with van der Waals surface area (Å²) in [6.45, 7) is 5.15. The molecule has 0 saturated heterocycles. The zero-order chi connectivity index (χ0) is 17.4. The Morgan fingerprint density at radius 2 is 1.83 bits per heavy atom. The van der Waals surface area contributed by atoms with Crippen molar-refractivity contribution in [2.24, 2.45) is 5.92 Å². The first-order valence-corrected chi connectivity index (χ1v) is 8.33. The lowest BCUT2D eigenvalue weighted by Gasteiger charge is -2.20. The molecule has 128 valence electrons. The molecule has 0 saturated carbocycles. The quantitative estimate of drug-likeness (QED) is 0.770. The molecule has 0 bridgehead atoms. The first-order valence-electron chi connectivity index (χ1n) is 8.33. The molecule has 24 heavy (non-hydrogen) atoms. The van der Waals surface area contributed by atoms with E-state index in [2.05, 4.69) is 24.5 Å². The van der Waals surface area contributed by atoms with Gasteiger partial charge in [-0.2, -0.15) is 0 Å². The number of anilines is 1. The summed E-state index contributed by atoms with van der Waals surface area (Å²) in [5.41, 5.74) is 1.69. The molecule has 1 amide bonds. The van der Waals surface area contributed by atoms with Crippen molar-refractivity contribution in [3.8, 4) is 5.75 Å². The standard InChI is InChI=1S/C20H26N2O2/c1-15(2)12-13-21-19(16-8-5-4-6-9-16)20(23)22-17-10-7-11-18(14-17)24-3/h4-11,14-15,19,21H,12-13H2,1-3H3,(H,22,23)/t19-/m0/s1. The molecule has 0 spiro atoms. The molecule has 2 N–H and O–H groups in total. The molecule has 0 radical (unpaired) electrons. The van der Waals surface area contributed by atoms with Crippen LogP contribution in [0.15, 0.2) is 54.6 Å². The third kappa shape index (κ3) is 5.39. The molecule has 1 atom stereocenters. The third-order valence-electron chi connectivity index (χ3n) is 3.80. The van der Waals surface area contributed by atoms with Gasteiger partial charge in [0.15, 0.2) is 0 Å². The molecular weight excluding hydrogens is 300 g/mol. The van der Waals surface area contributed by atoms with E-state index >= 15 is 0 Å². The van der Waals surface area contributed by atoms with Crippen molar-refractivity contribution >= 4 is 11.6 Å². The minimum absolute atomic E-state index is 0.0711. The van der Waals surface area contributed by atoms with Gasteiger partial charge >= 0.3 is 0 Å². The fraction of sp³-hybridized carbons (Fsp3) is 0.350. The summed E-state index contributed by atoms with van der Waals surface area (Å²) >= 11 is 0. The van der Waals surface area contributed by atoms with Crippen LogP contribution >= 0.6 is 0 Å². The van der Waals surface area contributed by atoms with Gasteiger partial charge in [0.2, 0.25) is 5.91 Å². The summed E-state index contributed by atoms with van der Waals surface area (Å²) < 4.78 is 5.21. The van der Waals surface area contributed by atoms with Gasteiger partial charge in [0.25, 0.3) is 0 Å². The van der Waals surface area contributed by atoms with Crippen LogP contribution in [0, 0.1) is 5.92 Å².